The Kier molecular flexibility index (Phi) is 7.62. The average molecular weight is 539 g/mol. The molecule has 0 radical (unpaired) electrons. The average Bonchev–Trinajstić information content (AvgIpc) is 3.33. The molecule has 14 heteroatoms. The highest BCUT2D eigenvalue weighted by atomic mass is 35.5. The van der Waals surface area contributed by atoms with Crippen LogP contribution in [-0.2, 0) is 4.74 Å². The van der Waals surface area contributed by atoms with E-state index in [1.165, 1.54) is 36.8 Å². The molecule has 0 aliphatic carbocycles. The lowest BCUT2D eigenvalue weighted by Crippen LogP contribution is -2.10. The summed E-state index contributed by atoms with van der Waals surface area (Å²) in [6.07, 6.45) is -2.56. The maximum atomic E-state index is 13.8. The van der Waals surface area contributed by atoms with Gasteiger partial charge in [-0.3, -0.25) is 4.98 Å². The fourth-order valence-electron chi connectivity index (χ4n) is 3.26. The van der Waals surface area contributed by atoms with Gasteiger partial charge in [0.25, 0.3) is 12.9 Å². The molecule has 0 spiro atoms. The number of hydrogen-bond donors (Lipinski definition) is 1. The van der Waals surface area contributed by atoms with Crippen molar-refractivity contribution in [1.29, 1.82) is 0 Å². The summed E-state index contributed by atoms with van der Waals surface area (Å²) in [4.78, 5) is 24.5. The van der Waals surface area contributed by atoms with Gasteiger partial charge in [0.2, 0.25) is 5.95 Å². The minimum absolute atomic E-state index is 0.0483. The predicted molar refractivity (Wildman–Crippen MR) is 123 cm³/mol. The second kappa shape index (κ2) is 10.9. The van der Waals surface area contributed by atoms with Crippen molar-refractivity contribution in [3.05, 3.63) is 76.7 Å². The van der Waals surface area contributed by atoms with Crippen LogP contribution in [0.3, 0.4) is 0 Å². The van der Waals surface area contributed by atoms with Crippen molar-refractivity contribution in [2.75, 3.05) is 11.9 Å². The molecule has 0 fully saturated rings. The third-order valence-electron chi connectivity index (χ3n) is 4.91. The molecule has 192 valence electrons. The van der Waals surface area contributed by atoms with E-state index in [1.807, 2.05) is 0 Å². The molecule has 8 nitrogen and oxygen atoms in total. The van der Waals surface area contributed by atoms with E-state index >= 15 is 0 Å². The van der Waals surface area contributed by atoms with Crippen molar-refractivity contribution in [3.63, 3.8) is 0 Å². The lowest BCUT2D eigenvalue weighted by molar-refractivity contribution is 0.0526. The van der Waals surface area contributed by atoms with Crippen molar-refractivity contribution >= 4 is 29.2 Å². The van der Waals surface area contributed by atoms with E-state index in [1.54, 1.807) is 6.92 Å². The van der Waals surface area contributed by atoms with E-state index in [2.05, 4.69) is 25.4 Å². The van der Waals surface area contributed by atoms with E-state index in [4.69, 9.17) is 16.3 Å². The Hall–Kier alpha value is -4.13. The summed E-state index contributed by atoms with van der Waals surface area (Å²) in [6.45, 7) is 1.72. The molecule has 0 saturated carbocycles. The molecule has 0 aliphatic heterocycles. The number of alkyl halides is 4. The van der Waals surface area contributed by atoms with Crippen LogP contribution in [0.15, 0.2) is 48.9 Å². The molecule has 3 heterocycles. The van der Waals surface area contributed by atoms with Gasteiger partial charge in [0, 0.05) is 35.4 Å². The van der Waals surface area contributed by atoms with Gasteiger partial charge < -0.3 is 10.1 Å². The third-order valence-corrected chi connectivity index (χ3v) is 5.20. The van der Waals surface area contributed by atoms with Crippen LogP contribution in [0.4, 0.5) is 33.6 Å². The van der Waals surface area contributed by atoms with E-state index in [9.17, 15) is 26.7 Å². The molecule has 0 unspecified atom stereocenters. The van der Waals surface area contributed by atoms with E-state index in [0.717, 1.165) is 6.07 Å². The van der Waals surface area contributed by atoms with Gasteiger partial charge in [-0.25, -0.2) is 36.4 Å². The highest BCUT2D eigenvalue weighted by Gasteiger charge is 2.25. The molecular formula is C23H16ClF5N6O2. The number of benzene rings is 1. The third kappa shape index (κ3) is 5.66. The van der Waals surface area contributed by atoms with E-state index < -0.39 is 36.0 Å². The molecular weight excluding hydrogens is 523 g/mol. The number of anilines is 2. The summed E-state index contributed by atoms with van der Waals surface area (Å²) in [5.41, 5.74) is -1.17. The van der Waals surface area contributed by atoms with Crippen molar-refractivity contribution in [2.45, 2.75) is 19.8 Å². The summed E-state index contributed by atoms with van der Waals surface area (Å²) in [5.74, 6) is -1.82. The Bertz CT molecular complexity index is 1450. The molecule has 4 aromatic rings. The summed E-state index contributed by atoms with van der Waals surface area (Å²) in [5, 5.41) is 6.18. The zero-order valence-electron chi connectivity index (χ0n) is 18.8. The van der Waals surface area contributed by atoms with Crippen LogP contribution in [0.5, 0.6) is 0 Å². The molecule has 1 aromatic carbocycles. The molecule has 0 amide bonds. The molecule has 0 atom stereocenters. The quantitative estimate of drug-likeness (QED) is 0.207. The number of carbonyl (C=O) groups excluding carboxylic acids is 1. The molecule has 0 aliphatic rings. The molecule has 0 bridgehead atoms. The summed E-state index contributed by atoms with van der Waals surface area (Å²) >= 11 is 5.79. The molecule has 1 N–H and O–H groups in total. The maximum absolute atomic E-state index is 13.8. The number of carbonyl (C=O) groups is 1. The number of halogens is 6. The monoisotopic (exact) mass is 538 g/mol. The van der Waals surface area contributed by atoms with Crippen LogP contribution in [-0.4, -0.2) is 37.3 Å². The van der Waals surface area contributed by atoms with Crippen molar-refractivity contribution in [2.24, 2.45) is 0 Å². The molecule has 3 aromatic heterocycles. The normalized spacial score (nSPS) is 11.3. The minimum atomic E-state index is -3.18. The van der Waals surface area contributed by atoms with Crippen LogP contribution < -0.4 is 5.32 Å². The van der Waals surface area contributed by atoms with Gasteiger partial charge in [-0.15, -0.1) is 0 Å². The first-order valence-electron chi connectivity index (χ1n) is 10.6. The molecule has 0 saturated heterocycles. The van der Waals surface area contributed by atoms with Gasteiger partial charge in [0.05, 0.1) is 17.2 Å². The topological polar surface area (TPSA) is 94.8 Å². The van der Waals surface area contributed by atoms with E-state index in [0.29, 0.717) is 10.7 Å². The van der Waals surface area contributed by atoms with Gasteiger partial charge in [-0.05, 0) is 37.3 Å². The lowest BCUT2D eigenvalue weighted by atomic mass is 10.1. The number of ether oxygens (including phenoxy) is 1. The van der Waals surface area contributed by atoms with Crippen molar-refractivity contribution < 1.29 is 31.5 Å². The van der Waals surface area contributed by atoms with Crippen LogP contribution in [0.2, 0.25) is 5.02 Å². The largest absolute Gasteiger partial charge is 0.462 e. The second-order valence-electron chi connectivity index (χ2n) is 7.37. The van der Waals surface area contributed by atoms with Crippen LogP contribution in [0, 0.1) is 5.82 Å². The Morgan fingerprint density at radius 3 is 2.57 bits per heavy atom. The van der Waals surface area contributed by atoms with Crippen molar-refractivity contribution in [1.82, 2.24) is 24.7 Å². The highest BCUT2D eigenvalue weighted by molar-refractivity contribution is 6.31. The predicted octanol–water partition coefficient (Wildman–Crippen LogP) is 6.31. The number of nitrogens with zero attached hydrogens (tertiary/aromatic N) is 5. The number of aromatic nitrogens is 5. The van der Waals surface area contributed by atoms with Gasteiger partial charge in [-0.1, -0.05) is 11.6 Å². The van der Waals surface area contributed by atoms with Gasteiger partial charge in [-0.2, -0.15) is 10.1 Å². The smallest absolute Gasteiger partial charge is 0.339 e. The highest BCUT2D eigenvalue weighted by Crippen LogP contribution is 2.32. The first-order chi connectivity index (χ1) is 17.7. The minimum Gasteiger partial charge on any atom is -0.462 e. The zero-order valence-corrected chi connectivity index (χ0v) is 19.6. The Labute approximate surface area is 211 Å². The molecule has 4 rings (SSSR count). The standard InChI is InChI=1S/C23H16ClF5N6O2/c1-2-37-22(36)12-5-11(8-30-9-12)14-10-31-23(32-13-3-4-16(25)15(24)6-13)33-21(14)35-18(20(28)29)7-17(34-35)19(26)27/h3-10,19-20H,2H2,1H3,(H,31,32,33). The van der Waals surface area contributed by atoms with Gasteiger partial charge in [0.1, 0.15) is 17.2 Å². The van der Waals surface area contributed by atoms with E-state index in [-0.39, 0.29) is 45.8 Å². The summed E-state index contributed by atoms with van der Waals surface area (Å²) in [6, 6.07) is 5.59. The summed E-state index contributed by atoms with van der Waals surface area (Å²) in [7, 11) is 0. The number of esters is 1. The number of nitrogens with one attached hydrogen (secondary N) is 1. The fourth-order valence-corrected chi connectivity index (χ4v) is 3.44. The summed E-state index contributed by atoms with van der Waals surface area (Å²) < 4.78 is 73.4. The maximum Gasteiger partial charge on any atom is 0.339 e. The first kappa shape index (κ1) is 25.9. The Morgan fingerprint density at radius 1 is 1.11 bits per heavy atom. The lowest BCUT2D eigenvalue weighted by Gasteiger charge is -2.14. The SMILES string of the molecule is CCOC(=O)c1cncc(-c2cnc(Nc3ccc(F)c(Cl)c3)nc2-n2nc(C(F)F)cc2C(F)F)c1. The first-order valence-corrected chi connectivity index (χ1v) is 10.9. The number of hydrogen-bond acceptors (Lipinski definition) is 7. The van der Waals surface area contributed by atoms with Crippen molar-refractivity contribution in [3.8, 4) is 16.9 Å². The van der Waals surface area contributed by atoms with Crippen LogP contribution >= 0.6 is 11.6 Å². The van der Waals surface area contributed by atoms with Gasteiger partial charge >= 0.3 is 5.97 Å². The van der Waals surface area contributed by atoms with Crippen LogP contribution in [0.1, 0.15) is 41.5 Å². The fraction of sp³-hybridized carbons (Fsp3) is 0.174. The number of rotatable bonds is 8. The van der Waals surface area contributed by atoms with Crippen LogP contribution in [0.25, 0.3) is 16.9 Å². The molecule has 37 heavy (non-hydrogen) atoms. The van der Waals surface area contributed by atoms with Gasteiger partial charge in [0.15, 0.2) is 5.82 Å². The number of pyridine rings is 1. The second-order valence-corrected chi connectivity index (χ2v) is 7.78. The Morgan fingerprint density at radius 2 is 1.89 bits per heavy atom. The Balaban J connectivity index is 1.88. The zero-order chi connectivity index (χ0) is 26.7.